The molecular formula is C16H23N3O2. The predicted molar refractivity (Wildman–Crippen MR) is 82.6 cm³/mol. The zero-order chi connectivity index (χ0) is 14.7. The molecule has 2 saturated heterocycles. The Kier molecular flexibility index (Phi) is 4.41. The number of benzene rings is 1. The van der Waals surface area contributed by atoms with E-state index in [-0.39, 0.29) is 5.91 Å². The molecule has 5 heteroatoms. The molecule has 1 aromatic carbocycles. The predicted octanol–water partition coefficient (Wildman–Crippen LogP) is 1.32. The van der Waals surface area contributed by atoms with E-state index in [1.54, 1.807) is 7.11 Å². The van der Waals surface area contributed by atoms with Crippen LogP contribution in [0.3, 0.4) is 0 Å². The van der Waals surface area contributed by atoms with Gasteiger partial charge in [-0.2, -0.15) is 0 Å². The van der Waals surface area contributed by atoms with Gasteiger partial charge < -0.3 is 15.4 Å². The molecule has 2 aliphatic rings. The Morgan fingerprint density at radius 3 is 3.24 bits per heavy atom. The number of likely N-dealkylation sites (tertiary alicyclic amines) is 1. The van der Waals surface area contributed by atoms with E-state index in [2.05, 4.69) is 15.5 Å². The molecule has 0 bridgehead atoms. The van der Waals surface area contributed by atoms with Gasteiger partial charge in [-0.15, -0.1) is 0 Å². The summed E-state index contributed by atoms with van der Waals surface area (Å²) in [7, 11) is 1.63. The van der Waals surface area contributed by atoms with E-state index >= 15 is 0 Å². The van der Waals surface area contributed by atoms with E-state index in [4.69, 9.17) is 4.74 Å². The average Bonchev–Trinajstić information content (AvgIpc) is 2.97. The Morgan fingerprint density at radius 2 is 2.38 bits per heavy atom. The van der Waals surface area contributed by atoms with Crippen molar-refractivity contribution in [2.24, 2.45) is 5.92 Å². The number of methoxy groups -OCH3 is 1. The van der Waals surface area contributed by atoms with Crippen LogP contribution in [0.4, 0.5) is 5.69 Å². The minimum Gasteiger partial charge on any atom is -0.497 e. The molecule has 2 fully saturated rings. The van der Waals surface area contributed by atoms with Crippen molar-refractivity contribution >= 4 is 11.6 Å². The normalized spacial score (nSPS) is 25.4. The molecule has 2 heterocycles. The highest BCUT2D eigenvalue weighted by Gasteiger charge is 2.35. The van der Waals surface area contributed by atoms with Crippen LogP contribution in [-0.2, 0) is 4.79 Å². The summed E-state index contributed by atoms with van der Waals surface area (Å²) in [5.74, 6) is 1.52. The second kappa shape index (κ2) is 6.45. The van der Waals surface area contributed by atoms with Crippen molar-refractivity contribution < 1.29 is 9.53 Å². The van der Waals surface area contributed by atoms with E-state index in [9.17, 15) is 4.79 Å². The standard InChI is InChI=1S/C16H23N3O2/c1-21-14-6-2-5-13(8-14)18-16(20)11-19-7-3-4-12-9-17-10-15(12)19/h2,5-6,8,12,15,17H,3-4,7,9-11H2,1H3,(H,18,20). The zero-order valence-corrected chi connectivity index (χ0v) is 12.5. The highest BCUT2D eigenvalue weighted by molar-refractivity contribution is 5.92. The number of piperidine rings is 1. The van der Waals surface area contributed by atoms with Crippen molar-refractivity contribution in [3.63, 3.8) is 0 Å². The third-order valence-corrected chi connectivity index (χ3v) is 4.49. The lowest BCUT2D eigenvalue weighted by Crippen LogP contribution is -2.48. The molecule has 1 aromatic rings. The number of hydrogen-bond acceptors (Lipinski definition) is 4. The first kappa shape index (κ1) is 14.4. The van der Waals surface area contributed by atoms with Gasteiger partial charge in [-0.3, -0.25) is 9.69 Å². The van der Waals surface area contributed by atoms with Crippen LogP contribution < -0.4 is 15.4 Å². The molecule has 2 unspecified atom stereocenters. The van der Waals surface area contributed by atoms with Crippen LogP contribution in [0.2, 0.25) is 0 Å². The van der Waals surface area contributed by atoms with Crippen LogP contribution in [0.25, 0.3) is 0 Å². The fraction of sp³-hybridized carbons (Fsp3) is 0.562. The van der Waals surface area contributed by atoms with Gasteiger partial charge in [0.1, 0.15) is 5.75 Å². The lowest BCUT2D eigenvalue weighted by molar-refractivity contribution is -0.118. The van der Waals surface area contributed by atoms with Crippen molar-refractivity contribution in [3.05, 3.63) is 24.3 Å². The molecular weight excluding hydrogens is 266 g/mol. The maximum atomic E-state index is 12.3. The first-order valence-corrected chi connectivity index (χ1v) is 7.65. The highest BCUT2D eigenvalue weighted by atomic mass is 16.5. The molecule has 0 radical (unpaired) electrons. The van der Waals surface area contributed by atoms with Gasteiger partial charge in [0.25, 0.3) is 0 Å². The lowest BCUT2D eigenvalue weighted by Gasteiger charge is -2.36. The van der Waals surface area contributed by atoms with E-state index in [1.807, 2.05) is 24.3 Å². The van der Waals surface area contributed by atoms with E-state index < -0.39 is 0 Å². The van der Waals surface area contributed by atoms with Crippen molar-refractivity contribution in [3.8, 4) is 5.75 Å². The maximum absolute atomic E-state index is 12.3. The molecule has 0 aliphatic carbocycles. The monoisotopic (exact) mass is 289 g/mol. The molecule has 0 spiro atoms. The quantitative estimate of drug-likeness (QED) is 0.878. The Hall–Kier alpha value is -1.59. The summed E-state index contributed by atoms with van der Waals surface area (Å²) in [5.41, 5.74) is 0.789. The number of amides is 1. The number of carbonyl (C=O) groups is 1. The molecule has 0 aromatic heterocycles. The van der Waals surface area contributed by atoms with Gasteiger partial charge in [0, 0.05) is 24.3 Å². The van der Waals surface area contributed by atoms with E-state index in [0.29, 0.717) is 18.5 Å². The van der Waals surface area contributed by atoms with Crippen LogP contribution >= 0.6 is 0 Å². The van der Waals surface area contributed by atoms with Crippen molar-refractivity contribution in [1.82, 2.24) is 10.2 Å². The number of ether oxygens (including phenoxy) is 1. The van der Waals surface area contributed by atoms with Crippen LogP contribution in [0.5, 0.6) is 5.75 Å². The average molecular weight is 289 g/mol. The van der Waals surface area contributed by atoms with Gasteiger partial charge in [-0.25, -0.2) is 0 Å². The fourth-order valence-electron chi connectivity index (χ4n) is 3.45. The second-order valence-electron chi connectivity index (χ2n) is 5.88. The number of carbonyl (C=O) groups excluding carboxylic acids is 1. The number of rotatable bonds is 4. The van der Waals surface area contributed by atoms with E-state index in [0.717, 1.165) is 31.1 Å². The first-order chi connectivity index (χ1) is 10.3. The van der Waals surface area contributed by atoms with Gasteiger partial charge in [-0.05, 0) is 44.0 Å². The number of hydrogen-bond donors (Lipinski definition) is 2. The van der Waals surface area contributed by atoms with E-state index in [1.165, 1.54) is 12.8 Å². The summed E-state index contributed by atoms with van der Waals surface area (Å²) < 4.78 is 5.17. The minimum atomic E-state index is 0.0517. The Morgan fingerprint density at radius 1 is 1.48 bits per heavy atom. The SMILES string of the molecule is COc1cccc(NC(=O)CN2CCCC3CNCC32)c1. The molecule has 0 saturated carbocycles. The number of fused-ring (bicyclic) bond motifs is 1. The van der Waals surface area contributed by atoms with Gasteiger partial charge in [0.2, 0.25) is 5.91 Å². The largest absolute Gasteiger partial charge is 0.497 e. The number of anilines is 1. The molecule has 114 valence electrons. The van der Waals surface area contributed by atoms with Crippen LogP contribution in [-0.4, -0.2) is 50.1 Å². The molecule has 2 N–H and O–H groups in total. The van der Waals surface area contributed by atoms with Crippen molar-refractivity contribution in [1.29, 1.82) is 0 Å². The van der Waals surface area contributed by atoms with Gasteiger partial charge in [0.05, 0.1) is 13.7 Å². The van der Waals surface area contributed by atoms with Gasteiger partial charge >= 0.3 is 0 Å². The summed E-state index contributed by atoms with van der Waals surface area (Å²) in [5, 5.41) is 6.41. The molecule has 1 amide bonds. The summed E-state index contributed by atoms with van der Waals surface area (Å²) in [6.07, 6.45) is 2.47. The third kappa shape index (κ3) is 3.36. The van der Waals surface area contributed by atoms with Crippen LogP contribution in [0, 0.1) is 5.92 Å². The zero-order valence-electron chi connectivity index (χ0n) is 12.5. The second-order valence-corrected chi connectivity index (χ2v) is 5.88. The van der Waals surface area contributed by atoms with Crippen molar-refractivity contribution in [2.75, 3.05) is 38.6 Å². The topological polar surface area (TPSA) is 53.6 Å². The molecule has 21 heavy (non-hydrogen) atoms. The maximum Gasteiger partial charge on any atom is 0.238 e. The van der Waals surface area contributed by atoms with Crippen LogP contribution in [0.15, 0.2) is 24.3 Å². The third-order valence-electron chi connectivity index (χ3n) is 4.49. The summed E-state index contributed by atoms with van der Waals surface area (Å²) in [4.78, 5) is 14.6. The molecule has 2 atom stereocenters. The van der Waals surface area contributed by atoms with Gasteiger partial charge in [0.15, 0.2) is 0 Å². The Bertz CT molecular complexity index is 506. The fourth-order valence-corrected chi connectivity index (χ4v) is 3.45. The highest BCUT2D eigenvalue weighted by Crippen LogP contribution is 2.26. The summed E-state index contributed by atoms with van der Waals surface area (Å²) in [6, 6.07) is 8.00. The minimum absolute atomic E-state index is 0.0517. The van der Waals surface area contributed by atoms with Crippen molar-refractivity contribution in [2.45, 2.75) is 18.9 Å². The molecule has 2 aliphatic heterocycles. The van der Waals surface area contributed by atoms with Crippen LogP contribution in [0.1, 0.15) is 12.8 Å². The number of nitrogens with zero attached hydrogens (tertiary/aromatic N) is 1. The summed E-state index contributed by atoms with van der Waals surface area (Å²) in [6.45, 7) is 3.60. The molecule has 3 rings (SSSR count). The summed E-state index contributed by atoms with van der Waals surface area (Å²) >= 11 is 0. The Balaban J connectivity index is 1.58. The first-order valence-electron chi connectivity index (χ1n) is 7.65. The van der Waals surface area contributed by atoms with Gasteiger partial charge in [-0.1, -0.05) is 6.07 Å². The Labute approximate surface area is 125 Å². The smallest absolute Gasteiger partial charge is 0.238 e. The molecule has 5 nitrogen and oxygen atoms in total. The number of nitrogens with one attached hydrogen (secondary N) is 2. The lowest BCUT2D eigenvalue weighted by atomic mass is 9.92.